The molecule has 0 radical (unpaired) electrons. The number of hydrogen-bond acceptors (Lipinski definition) is 4. The van der Waals surface area contributed by atoms with Crippen molar-refractivity contribution in [2.75, 3.05) is 0 Å². The maximum atomic E-state index is 10.2. The van der Waals surface area contributed by atoms with Gasteiger partial charge in [0, 0.05) is 29.9 Å². The first-order valence-corrected chi connectivity index (χ1v) is 7.19. The maximum absolute atomic E-state index is 10.2. The van der Waals surface area contributed by atoms with Gasteiger partial charge in [-0.05, 0) is 13.0 Å². The van der Waals surface area contributed by atoms with Crippen molar-refractivity contribution >= 4 is 22.2 Å². The molecule has 3 rings (SSSR count). The van der Waals surface area contributed by atoms with Crippen molar-refractivity contribution < 1.29 is 5.11 Å². The molecule has 2 aromatic heterocycles. The Morgan fingerprint density at radius 3 is 2.95 bits per heavy atom. The zero-order chi connectivity index (χ0) is 13.2. The second kappa shape index (κ2) is 5.11. The van der Waals surface area contributed by atoms with E-state index in [1.165, 1.54) is 11.3 Å². The second-order valence-corrected chi connectivity index (χ2v) is 5.30. The Hall–Kier alpha value is -1.72. The lowest BCUT2D eigenvalue weighted by Crippen LogP contribution is -2.03. The van der Waals surface area contributed by atoms with Crippen molar-refractivity contribution in [3.63, 3.8) is 0 Å². The molecule has 1 N–H and O–H groups in total. The van der Waals surface area contributed by atoms with Crippen LogP contribution in [0.1, 0.15) is 23.7 Å². The first kappa shape index (κ1) is 12.3. The van der Waals surface area contributed by atoms with Gasteiger partial charge in [-0.1, -0.05) is 18.2 Å². The molecule has 2 heterocycles. The molecule has 0 saturated carbocycles. The summed E-state index contributed by atoms with van der Waals surface area (Å²) in [4.78, 5) is 4.15. The Bertz CT molecular complexity index is 675. The summed E-state index contributed by atoms with van der Waals surface area (Å²) in [5.74, 6) is 0. The van der Waals surface area contributed by atoms with Crippen LogP contribution >= 0.6 is 11.3 Å². The van der Waals surface area contributed by atoms with Crippen LogP contribution in [0.2, 0.25) is 0 Å². The quantitative estimate of drug-likeness (QED) is 0.795. The van der Waals surface area contributed by atoms with Crippen molar-refractivity contribution in [2.24, 2.45) is 0 Å². The predicted molar refractivity (Wildman–Crippen MR) is 76.2 cm³/mol. The number of para-hydroxylation sites is 1. The first-order chi connectivity index (χ1) is 9.29. The summed E-state index contributed by atoms with van der Waals surface area (Å²) < 4.78 is 1.97. The molecule has 98 valence electrons. The number of benzene rings is 1. The van der Waals surface area contributed by atoms with Crippen LogP contribution in [-0.4, -0.2) is 19.9 Å². The van der Waals surface area contributed by atoms with Crippen molar-refractivity contribution in [1.82, 2.24) is 14.8 Å². The minimum Gasteiger partial charge on any atom is -0.386 e. The average molecular weight is 273 g/mol. The Morgan fingerprint density at radius 1 is 1.37 bits per heavy atom. The highest BCUT2D eigenvalue weighted by Crippen LogP contribution is 2.25. The Kier molecular flexibility index (Phi) is 3.31. The molecule has 0 bridgehead atoms. The highest BCUT2D eigenvalue weighted by molar-refractivity contribution is 7.09. The van der Waals surface area contributed by atoms with Crippen molar-refractivity contribution in [2.45, 2.75) is 26.0 Å². The van der Waals surface area contributed by atoms with E-state index in [1.807, 2.05) is 22.2 Å². The standard InChI is InChI=1S/C14H15N3OS/c1-2-17-12-6-4-3-5-10(12)11(16-17)9-13(18)14-15-7-8-19-14/h3-8,13,18H,2,9H2,1H3. The van der Waals surface area contributed by atoms with Gasteiger partial charge < -0.3 is 5.11 Å². The molecule has 0 spiro atoms. The third-order valence-corrected chi connectivity index (χ3v) is 4.03. The smallest absolute Gasteiger partial charge is 0.122 e. The van der Waals surface area contributed by atoms with E-state index >= 15 is 0 Å². The number of rotatable bonds is 4. The lowest BCUT2D eigenvalue weighted by molar-refractivity contribution is 0.177. The molecule has 0 fully saturated rings. The minimum atomic E-state index is -0.580. The largest absolute Gasteiger partial charge is 0.386 e. The summed E-state index contributed by atoms with van der Waals surface area (Å²) in [6, 6.07) is 8.13. The molecule has 3 aromatic rings. The van der Waals surface area contributed by atoms with Crippen LogP contribution in [0.5, 0.6) is 0 Å². The lowest BCUT2D eigenvalue weighted by Gasteiger charge is -2.04. The molecule has 0 aliphatic heterocycles. The molecule has 0 aliphatic rings. The van der Waals surface area contributed by atoms with Crippen LogP contribution in [0.3, 0.4) is 0 Å². The van der Waals surface area contributed by atoms with Gasteiger partial charge >= 0.3 is 0 Å². The molecular weight excluding hydrogens is 258 g/mol. The van der Waals surface area contributed by atoms with Crippen molar-refractivity contribution in [3.8, 4) is 0 Å². The average Bonchev–Trinajstić information content (AvgIpc) is 3.07. The van der Waals surface area contributed by atoms with E-state index < -0.39 is 6.10 Å². The van der Waals surface area contributed by atoms with Crippen LogP contribution in [0, 0.1) is 0 Å². The van der Waals surface area contributed by atoms with Gasteiger partial charge in [0.05, 0.1) is 11.2 Å². The molecular formula is C14H15N3OS. The highest BCUT2D eigenvalue weighted by atomic mass is 32.1. The summed E-state index contributed by atoms with van der Waals surface area (Å²) >= 11 is 1.47. The van der Waals surface area contributed by atoms with Gasteiger partial charge in [0.2, 0.25) is 0 Å². The number of aliphatic hydroxyl groups is 1. The van der Waals surface area contributed by atoms with Crippen LogP contribution in [0.15, 0.2) is 35.8 Å². The number of aliphatic hydroxyl groups excluding tert-OH is 1. The molecule has 0 aliphatic carbocycles. The second-order valence-electron chi connectivity index (χ2n) is 4.37. The Balaban J connectivity index is 1.97. The maximum Gasteiger partial charge on any atom is 0.122 e. The lowest BCUT2D eigenvalue weighted by atomic mass is 10.1. The molecule has 5 heteroatoms. The van der Waals surface area contributed by atoms with Crippen LogP contribution in [-0.2, 0) is 13.0 Å². The van der Waals surface area contributed by atoms with Crippen LogP contribution in [0.4, 0.5) is 0 Å². The van der Waals surface area contributed by atoms with Gasteiger partial charge in [-0.15, -0.1) is 11.3 Å². The van der Waals surface area contributed by atoms with E-state index in [4.69, 9.17) is 0 Å². The molecule has 1 unspecified atom stereocenters. The van der Waals surface area contributed by atoms with Gasteiger partial charge in [-0.3, -0.25) is 4.68 Å². The molecule has 1 atom stereocenters. The van der Waals surface area contributed by atoms with E-state index in [0.29, 0.717) is 6.42 Å². The minimum absolute atomic E-state index is 0.501. The topological polar surface area (TPSA) is 50.9 Å². The van der Waals surface area contributed by atoms with E-state index in [2.05, 4.69) is 29.1 Å². The molecule has 1 aromatic carbocycles. The SMILES string of the molecule is CCn1nc(CC(O)c2nccs2)c2ccccc21. The summed E-state index contributed by atoms with van der Waals surface area (Å²) in [6.07, 6.45) is 1.64. The summed E-state index contributed by atoms with van der Waals surface area (Å²) in [6.45, 7) is 2.90. The fourth-order valence-corrected chi connectivity index (χ4v) is 2.88. The van der Waals surface area contributed by atoms with Crippen LogP contribution in [0.25, 0.3) is 10.9 Å². The number of aryl methyl sites for hydroxylation is 1. The van der Waals surface area contributed by atoms with Gasteiger partial charge in [0.1, 0.15) is 11.1 Å². The third kappa shape index (κ3) is 2.27. The molecule has 19 heavy (non-hydrogen) atoms. The Morgan fingerprint density at radius 2 is 2.21 bits per heavy atom. The van der Waals surface area contributed by atoms with Gasteiger partial charge in [0.15, 0.2) is 0 Å². The molecule has 4 nitrogen and oxygen atoms in total. The number of aromatic nitrogens is 3. The molecule has 0 saturated heterocycles. The zero-order valence-electron chi connectivity index (χ0n) is 10.7. The van der Waals surface area contributed by atoms with Crippen molar-refractivity contribution in [3.05, 3.63) is 46.5 Å². The Labute approximate surface area is 115 Å². The predicted octanol–water partition coefficient (Wildman–Crippen LogP) is 2.79. The van der Waals surface area contributed by atoms with E-state index in [9.17, 15) is 5.11 Å². The van der Waals surface area contributed by atoms with Gasteiger partial charge in [-0.25, -0.2) is 4.98 Å². The van der Waals surface area contributed by atoms with Crippen LogP contribution < -0.4 is 0 Å². The number of thiazole rings is 1. The van der Waals surface area contributed by atoms with E-state index in [-0.39, 0.29) is 0 Å². The van der Waals surface area contributed by atoms with Gasteiger partial charge in [0.25, 0.3) is 0 Å². The summed E-state index contributed by atoms with van der Waals surface area (Å²) in [5.41, 5.74) is 2.05. The fourth-order valence-electron chi connectivity index (χ4n) is 2.26. The zero-order valence-corrected chi connectivity index (χ0v) is 11.5. The van der Waals surface area contributed by atoms with E-state index in [0.717, 1.165) is 28.1 Å². The highest BCUT2D eigenvalue weighted by Gasteiger charge is 2.16. The monoisotopic (exact) mass is 273 g/mol. The number of nitrogens with zero attached hydrogens (tertiary/aromatic N) is 3. The number of hydrogen-bond donors (Lipinski definition) is 1. The summed E-state index contributed by atoms with van der Waals surface area (Å²) in [5, 5.41) is 18.5. The summed E-state index contributed by atoms with van der Waals surface area (Å²) in [7, 11) is 0. The van der Waals surface area contributed by atoms with E-state index in [1.54, 1.807) is 6.20 Å². The number of fused-ring (bicyclic) bond motifs is 1. The third-order valence-electron chi connectivity index (χ3n) is 3.16. The van der Waals surface area contributed by atoms with Crippen molar-refractivity contribution in [1.29, 1.82) is 0 Å². The fraction of sp³-hybridized carbons (Fsp3) is 0.286. The first-order valence-electron chi connectivity index (χ1n) is 6.31. The molecule has 0 amide bonds. The van der Waals surface area contributed by atoms with Gasteiger partial charge in [-0.2, -0.15) is 5.10 Å². The normalized spacial score (nSPS) is 12.9.